The van der Waals surface area contributed by atoms with Crippen LogP contribution in [0.3, 0.4) is 0 Å². The average molecular weight is 576 g/mol. The van der Waals surface area contributed by atoms with E-state index in [1.807, 2.05) is 30.5 Å². The van der Waals surface area contributed by atoms with Crippen LogP contribution in [0.5, 0.6) is 0 Å². The number of carbonyl (C=O) groups is 2. The smallest absolute Gasteiger partial charge is 0.328 e. The lowest BCUT2D eigenvalue weighted by molar-refractivity contribution is -0.145. The molecule has 0 bridgehead atoms. The Labute approximate surface area is 248 Å². The maximum atomic E-state index is 12.8. The summed E-state index contributed by atoms with van der Waals surface area (Å²) in [5.74, 6) is 0.999. The summed E-state index contributed by atoms with van der Waals surface area (Å²) in [6.07, 6.45) is 12.8. The molecule has 0 unspecified atom stereocenters. The number of aromatic amines is 1. The number of esters is 1. The Bertz CT molecular complexity index is 1430. The topological polar surface area (TPSA) is 113 Å². The first-order valence-corrected chi connectivity index (χ1v) is 15.6. The summed E-state index contributed by atoms with van der Waals surface area (Å²) in [7, 11) is 1.32. The number of hydrogen-bond donors (Lipinski definition) is 3. The Kier molecular flexibility index (Phi) is 7.49. The van der Waals surface area contributed by atoms with Gasteiger partial charge in [-0.2, -0.15) is 0 Å². The number of rotatable bonds is 7. The molecule has 3 N–H and O–H groups in total. The van der Waals surface area contributed by atoms with Gasteiger partial charge in [-0.15, -0.1) is 0 Å². The summed E-state index contributed by atoms with van der Waals surface area (Å²) < 4.78 is 4.96. The van der Waals surface area contributed by atoms with Crippen molar-refractivity contribution >= 4 is 28.5 Å². The van der Waals surface area contributed by atoms with Crippen molar-refractivity contribution in [1.29, 1.82) is 0 Å². The van der Waals surface area contributed by atoms with E-state index in [9.17, 15) is 14.7 Å². The number of fused-ring (bicyclic) bond motifs is 6. The number of aliphatic hydroxyl groups is 1. The van der Waals surface area contributed by atoms with Gasteiger partial charge in [0.2, 0.25) is 0 Å². The van der Waals surface area contributed by atoms with Crippen LogP contribution in [0.1, 0.15) is 77.7 Å². The molecule has 3 fully saturated rings. The van der Waals surface area contributed by atoms with Crippen LogP contribution in [-0.2, 0) is 25.6 Å². The second-order valence-corrected chi connectivity index (χ2v) is 13.8. The molecule has 0 aliphatic heterocycles. The van der Waals surface area contributed by atoms with Crippen molar-refractivity contribution in [1.82, 2.24) is 10.3 Å². The molecule has 1 heterocycles. The summed E-state index contributed by atoms with van der Waals surface area (Å²) in [6.45, 7) is 6.57. The van der Waals surface area contributed by atoms with Gasteiger partial charge in [0.15, 0.2) is 6.61 Å². The monoisotopic (exact) mass is 575 g/mol. The van der Waals surface area contributed by atoms with Crippen molar-refractivity contribution in [2.75, 3.05) is 13.7 Å². The van der Waals surface area contributed by atoms with Crippen LogP contribution < -0.4 is 5.32 Å². The third-order valence-corrected chi connectivity index (χ3v) is 11.8. The van der Waals surface area contributed by atoms with Gasteiger partial charge in [-0.05, 0) is 105 Å². The van der Waals surface area contributed by atoms with Crippen molar-refractivity contribution in [3.63, 3.8) is 0 Å². The molecule has 4 aliphatic carbocycles. The van der Waals surface area contributed by atoms with E-state index >= 15 is 0 Å². The van der Waals surface area contributed by atoms with Crippen molar-refractivity contribution in [3.05, 3.63) is 47.7 Å². The van der Waals surface area contributed by atoms with E-state index < -0.39 is 23.5 Å². The highest BCUT2D eigenvalue weighted by molar-refractivity contribution is 5.96. The lowest BCUT2D eigenvalue weighted by Crippen LogP contribution is -2.53. The zero-order valence-corrected chi connectivity index (χ0v) is 25.4. The van der Waals surface area contributed by atoms with Crippen LogP contribution in [0.25, 0.3) is 10.9 Å². The van der Waals surface area contributed by atoms with Gasteiger partial charge in [0, 0.05) is 23.5 Å². The van der Waals surface area contributed by atoms with Crippen LogP contribution in [0.15, 0.2) is 47.3 Å². The number of aromatic nitrogens is 1. The predicted molar refractivity (Wildman–Crippen MR) is 162 cm³/mol. The SMILES string of the molecule is COC(=O)[C@H](Cc1c[nH]c2ccccc12)NC(=O)CO/N=C1\C=C2CC[C@H]3[C@@H](CC[C@@]4(C)[C@H]3CC[C@]4(C)O)[C@@]2(C)CC1. The van der Waals surface area contributed by atoms with Crippen LogP contribution in [0, 0.1) is 28.6 Å². The van der Waals surface area contributed by atoms with Crippen LogP contribution >= 0.6 is 0 Å². The summed E-state index contributed by atoms with van der Waals surface area (Å²) >= 11 is 0. The largest absolute Gasteiger partial charge is 0.467 e. The normalized spacial score (nSPS) is 35.5. The molecular formula is C34H45N3O5. The predicted octanol–water partition coefficient (Wildman–Crippen LogP) is 5.45. The number of nitrogens with zero attached hydrogens (tertiary/aromatic N) is 1. The molecule has 1 amide bonds. The van der Waals surface area contributed by atoms with Gasteiger partial charge < -0.3 is 25.0 Å². The van der Waals surface area contributed by atoms with E-state index in [4.69, 9.17) is 9.57 Å². The fraction of sp³-hybridized carbons (Fsp3) is 0.618. The minimum atomic E-state index is -0.827. The summed E-state index contributed by atoms with van der Waals surface area (Å²) in [5, 5.41) is 19.3. The van der Waals surface area contributed by atoms with E-state index in [2.05, 4.69) is 42.3 Å². The Morgan fingerprint density at radius 1 is 1.10 bits per heavy atom. The number of benzene rings is 1. The average Bonchev–Trinajstić information content (AvgIpc) is 3.49. The zero-order chi connectivity index (χ0) is 29.7. The van der Waals surface area contributed by atoms with Gasteiger partial charge in [0.05, 0.1) is 18.4 Å². The lowest BCUT2D eigenvalue weighted by atomic mass is 9.46. The van der Waals surface area contributed by atoms with Gasteiger partial charge in [0.25, 0.3) is 5.91 Å². The molecule has 1 aromatic carbocycles. The van der Waals surface area contributed by atoms with Gasteiger partial charge in [-0.3, -0.25) is 4.79 Å². The molecule has 226 valence electrons. The number of nitrogens with one attached hydrogen (secondary N) is 2. The number of hydrogen-bond acceptors (Lipinski definition) is 6. The summed E-state index contributed by atoms with van der Waals surface area (Å²) in [4.78, 5) is 33.9. The van der Waals surface area contributed by atoms with Crippen molar-refractivity contribution in [2.45, 2.75) is 90.2 Å². The number of allylic oxidation sites excluding steroid dienone is 2. The summed E-state index contributed by atoms with van der Waals surface area (Å²) in [5.41, 5.74) is 3.87. The number of carbonyl (C=O) groups excluding carboxylic acids is 2. The minimum absolute atomic E-state index is 0.0315. The number of H-pyrrole nitrogens is 1. The molecule has 8 heteroatoms. The fourth-order valence-corrected chi connectivity index (χ4v) is 9.15. The van der Waals surface area contributed by atoms with E-state index in [0.717, 1.165) is 60.7 Å². The van der Waals surface area contributed by atoms with Crippen LogP contribution in [-0.4, -0.2) is 53.0 Å². The van der Waals surface area contributed by atoms with Crippen molar-refractivity contribution in [3.8, 4) is 0 Å². The number of methoxy groups -OCH3 is 1. The van der Waals surface area contributed by atoms with E-state index in [-0.39, 0.29) is 17.4 Å². The molecule has 42 heavy (non-hydrogen) atoms. The second-order valence-electron chi connectivity index (χ2n) is 13.8. The van der Waals surface area contributed by atoms with Gasteiger partial charge in [-0.25, -0.2) is 4.79 Å². The Morgan fingerprint density at radius 3 is 2.69 bits per heavy atom. The molecule has 3 saturated carbocycles. The van der Waals surface area contributed by atoms with Gasteiger partial charge >= 0.3 is 5.97 Å². The second kappa shape index (κ2) is 10.9. The van der Waals surface area contributed by atoms with E-state index in [1.165, 1.54) is 25.5 Å². The maximum absolute atomic E-state index is 12.8. The fourth-order valence-electron chi connectivity index (χ4n) is 9.15. The molecule has 0 saturated heterocycles. The molecule has 0 radical (unpaired) electrons. The minimum Gasteiger partial charge on any atom is -0.467 e. The van der Waals surface area contributed by atoms with Crippen molar-refractivity contribution in [2.24, 2.45) is 33.7 Å². The highest BCUT2D eigenvalue weighted by Gasteiger charge is 2.62. The first-order chi connectivity index (χ1) is 20.1. The number of ether oxygens (including phenoxy) is 1. The van der Waals surface area contributed by atoms with Gasteiger partial charge in [0.1, 0.15) is 6.04 Å². The number of oxime groups is 1. The first kappa shape index (κ1) is 29.0. The van der Waals surface area contributed by atoms with E-state index in [1.54, 1.807) is 0 Å². The molecule has 8 nitrogen and oxygen atoms in total. The standard InChI is InChI=1S/C34H45N3O5/c1-32-14-11-23(18-22(32)9-10-25-26(32)12-15-33(2)27(25)13-16-34(33,3)40)37-42-20-30(38)36-29(31(39)41-4)17-21-19-35-28-8-6-5-7-24(21)28/h5-8,18-19,25-27,29,35,40H,9-17,20H2,1-4H3,(H,36,38)/b37-23-/t25-,26+,27-,29-,32-,33-,34-/m0/s1. The molecule has 2 aromatic rings. The van der Waals surface area contributed by atoms with Gasteiger partial charge in [-0.1, -0.05) is 42.8 Å². The molecule has 0 spiro atoms. The molecule has 6 rings (SSSR count). The molecule has 7 atom stereocenters. The van der Waals surface area contributed by atoms with Crippen LogP contribution in [0.4, 0.5) is 0 Å². The Balaban J connectivity index is 1.07. The van der Waals surface area contributed by atoms with E-state index in [0.29, 0.717) is 24.2 Å². The molecule has 1 aromatic heterocycles. The lowest BCUT2D eigenvalue weighted by Gasteiger charge is -2.59. The number of para-hydroxylation sites is 1. The van der Waals surface area contributed by atoms with Crippen LogP contribution in [0.2, 0.25) is 0 Å². The highest BCUT2D eigenvalue weighted by atomic mass is 16.6. The third kappa shape index (κ3) is 4.85. The Hall–Kier alpha value is -3.13. The zero-order valence-electron chi connectivity index (χ0n) is 25.4. The molecule has 4 aliphatic rings. The highest BCUT2D eigenvalue weighted by Crippen LogP contribution is 2.67. The third-order valence-electron chi connectivity index (χ3n) is 11.8. The first-order valence-electron chi connectivity index (χ1n) is 15.6. The number of amides is 1. The van der Waals surface area contributed by atoms with Crippen molar-refractivity contribution < 1.29 is 24.3 Å². The Morgan fingerprint density at radius 2 is 1.88 bits per heavy atom. The maximum Gasteiger partial charge on any atom is 0.328 e. The molecular weight excluding hydrogens is 530 g/mol. The quantitative estimate of drug-likeness (QED) is 0.300. The summed E-state index contributed by atoms with van der Waals surface area (Å²) in [6, 6.07) is 7.02.